The molecule has 0 aromatic rings. The first-order valence-corrected chi connectivity index (χ1v) is 3.97. The highest BCUT2D eigenvalue weighted by Gasteiger charge is 2.00. The fraction of sp³-hybridized carbons (Fsp3) is 0.750. The first-order valence-electron chi connectivity index (χ1n) is 3.97. The van der Waals surface area contributed by atoms with Gasteiger partial charge in [-0.1, -0.05) is 6.92 Å². The lowest BCUT2D eigenvalue weighted by atomic mass is 10.2. The molecule has 0 bridgehead atoms. The molecule has 11 heavy (non-hydrogen) atoms. The van der Waals surface area contributed by atoms with Gasteiger partial charge in [-0.15, -0.1) is 0 Å². The standard InChI is InChI=1S/C8H15NO2/c1-2-8(7-11)9-5-3-4-6-10/h6-9H,2-5H2,1H3/t8-/m1/s1. The maximum absolute atomic E-state index is 10.3. The van der Waals surface area contributed by atoms with E-state index in [4.69, 9.17) is 0 Å². The van der Waals surface area contributed by atoms with Crippen LogP contribution in [0.2, 0.25) is 0 Å². The zero-order chi connectivity index (χ0) is 8.53. The zero-order valence-corrected chi connectivity index (χ0v) is 6.88. The summed E-state index contributed by atoms with van der Waals surface area (Å²) in [5.74, 6) is 0. The molecule has 1 N–H and O–H groups in total. The Morgan fingerprint density at radius 2 is 2.18 bits per heavy atom. The highest BCUT2D eigenvalue weighted by molar-refractivity contribution is 5.57. The van der Waals surface area contributed by atoms with Crippen LogP contribution in [0.15, 0.2) is 0 Å². The third-order valence-electron chi connectivity index (χ3n) is 1.51. The van der Waals surface area contributed by atoms with Crippen molar-refractivity contribution in [1.29, 1.82) is 0 Å². The van der Waals surface area contributed by atoms with E-state index in [0.29, 0.717) is 6.42 Å². The second-order valence-electron chi connectivity index (χ2n) is 2.41. The van der Waals surface area contributed by atoms with Crippen LogP contribution in [0.5, 0.6) is 0 Å². The van der Waals surface area contributed by atoms with Gasteiger partial charge in [0, 0.05) is 6.42 Å². The normalized spacial score (nSPS) is 12.5. The number of aldehydes is 2. The predicted molar refractivity (Wildman–Crippen MR) is 43.4 cm³/mol. The lowest BCUT2D eigenvalue weighted by Crippen LogP contribution is -2.30. The molecule has 0 rings (SSSR count). The zero-order valence-electron chi connectivity index (χ0n) is 6.88. The van der Waals surface area contributed by atoms with Crippen LogP contribution >= 0.6 is 0 Å². The van der Waals surface area contributed by atoms with E-state index in [1.165, 1.54) is 0 Å². The van der Waals surface area contributed by atoms with Crippen molar-refractivity contribution in [2.24, 2.45) is 0 Å². The maximum Gasteiger partial charge on any atom is 0.136 e. The van der Waals surface area contributed by atoms with E-state index < -0.39 is 0 Å². The molecule has 0 aromatic carbocycles. The summed E-state index contributed by atoms with van der Waals surface area (Å²) < 4.78 is 0. The van der Waals surface area contributed by atoms with Crippen molar-refractivity contribution < 1.29 is 9.59 Å². The Balaban J connectivity index is 3.20. The number of carbonyl (C=O) groups excluding carboxylic acids is 2. The third kappa shape index (κ3) is 5.73. The summed E-state index contributed by atoms with van der Waals surface area (Å²) in [5.41, 5.74) is 0. The fourth-order valence-electron chi connectivity index (χ4n) is 0.762. The van der Waals surface area contributed by atoms with Crippen molar-refractivity contribution in [3.63, 3.8) is 0 Å². The van der Waals surface area contributed by atoms with Gasteiger partial charge in [0.2, 0.25) is 0 Å². The van der Waals surface area contributed by atoms with Gasteiger partial charge < -0.3 is 14.9 Å². The smallest absolute Gasteiger partial charge is 0.136 e. The summed E-state index contributed by atoms with van der Waals surface area (Å²) in [6.07, 6.45) is 3.99. The summed E-state index contributed by atoms with van der Waals surface area (Å²) in [6, 6.07) is -0.0401. The molecule has 0 saturated heterocycles. The molecule has 0 saturated carbocycles. The SMILES string of the molecule is CC[C@H](C=O)NCCCC=O. The Hall–Kier alpha value is -0.700. The Labute approximate surface area is 67.2 Å². The lowest BCUT2D eigenvalue weighted by Gasteiger charge is -2.07. The van der Waals surface area contributed by atoms with E-state index >= 15 is 0 Å². The van der Waals surface area contributed by atoms with Gasteiger partial charge in [0.05, 0.1) is 6.04 Å². The van der Waals surface area contributed by atoms with E-state index in [2.05, 4.69) is 5.32 Å². The van der Waals surface area contributed by atoms with E-state index in [9.17, 15) is 9.59 Å². The number of hydrogen-bond donors (Lipinski definition) is 1. The van der Waals surface area contributed by atoms with E-state index in [0.717, 1.165) is 32.0 Å². The molecule has 0 amide bonds. The second-order valence-corrected chi connectivity index (χ2v) is 2.41. The molecule has 64 valence electrons. The monoisotopic (exact) mass is 157 g/mol. The van der Waals surface area contributed by atoms with Crippen LogP contribution in [0.1, 0.15) is 26.2 Å². The van der Waals surface area contributed by atoms with Crippen molar-refractivity contribution in [2.45, 2.75) is 32.2 Å². The van der Waals surface area contributed by atoms with Gasteiger partial charge in [0.25, 0.3) is 0 Å². The first kappa shape index (κ1) is 10.3. The minimum absolute atomic E-state index is 0.0401. The van der Waals surface area contributed by atoms with Crippen molar-refractivity contribution >= 4 is 12.6 Å². The van der Waals surface area contributed by atoms with E-state index in [1.54, 1.807) is 0 Å². The summed E-state index contributed by atoms with van der Waals surface area (Å²) in [7, 11) is 0. The fourth-order valence-corrected chi connectivity index (χ4v) is 0.762. The molecule has 0 radical (unpaired) electrons. The Bertz CT molecular complexity index is 115. The molecule has 0 unspecified atom stereocenters. The molecule has 0 heterocycles. The molecule has 0 fully saturated rings. The van der Waals surface area contributed by atoms with Gasteiger partial charge in [-0.3, -0.25) is 0 Å². The van der Waals surface area contributed by atoms with Gasteiger partial charge in [-0.05, 0) is 19.4 Å². The van der Waals surface area contributed by atoms with Gasteiger partial charge in [0.1, 0.15) is 12.6 Å². The van der Waals surface area contributed by atoms with Gasteiger partial charge in [-0.25, -0.2) is 0 Å². The van der Waals surface area contributed by atoms with Crippen LogP contribution in [0.3, 0.4) is 0 Å². The van der Waals surface area contributed by atoms with Crippen molar-refractivity contribution in [3.8, 4) is 0 Å². The maximum atomic E-state index is 10.3. The van der Waals surface area contributed by atoms with Crippen molar-refractivity contribution in [3.05, 3.63) is 0 Å². The minimum atomic E-state index is -0.0401. The topological polar surface area (TPSA) is 46.2 Å². The van der Waals surface area contributed by atoms with Crippen molar-refractivity contribution in [2.75, 3.05) is 6.54 Å². The molecular weight excluding hydrogens is 142 g/mol. The van der Waals surface area contributed by atoms with Crippen LogP contribution in [0.25, 0.3) is 0 Å². The van der Waals surface area contributed by atoms with Crippen LogP contribution in [0.4, 0.5) is 0 Å². The molecule has 3 nitrogen and oxygen atoms in total. The average Bonchev–Trinajstić information content (AvgIpc) is 2.05. The molecule has 0 aliphatic rings. The summed E-state index contributed by atoms with van der Waals surface area (Å²) in [5, 5.41) is 3.03. The highest BCUT2D eigenvalue weighted by atomic mass is 16.1. The molecule has 0 spiro atoms. The summed E-state index contributed by atoms with van der Waals surface area (Å²) in [4.78, 5) is 20.2. The molecule has 1 atom stereocenters. The molecule has 3 heteroatoms. The number of nitrogens with one attached hydrogen (secondary N) is 1. The average molecular weight is 157 g/mol. The summed E-state index contributed by atoms with van der Waals surface area (Å²) >= 11 is 0. The molecular formula is C8H15NO2. The highest BCUT2D eigenvalue weighted by Crippen LogP contribution is 1.87. The number of rotatable bonds is 7. The molecule has 0 aliphatic carbocycles. The first-order chi connectivity index (χ1) is 5.35. The predicted octanol–water partition coefficient (Wildman–Crippen LogP) is 0.533. The lowest BCUT2D eigenvalue weighted by molar-refractivity contribution is -0.109. The molecule has 0 aromatic heterocycles. The second kappa shape index (κ2) is 7.41. The van der Waals surface area contributed by atoms with Gasteiger partial charge >= 0.3 is 0 Å². The largest absolute Gasteiger partial charge is 0.308 e. The van der Waals surface area contributed by atoms with E-state index in [-0.39, 0.29) is 6.04 Å². The molecule has 0 aliphatic heterocycles. The Morgan fingerprint density at radius 3 is 2.64 bits per heavy atom. The Morgan fingerprint density at radius 1 is 1.45 bits per heavy atom. The third-order valence-corrected chi connectivity index (χ3v) is 1.51. The van der Waals surface area contributed by atoms with Crippen LogP contribution in [0, 0.1) is 0 Å². The van der Waals surface area contributed by atoms with Crippen LogP contribution in [-0.4, -0.2) is 25.2 Å². The number of carbonyl (C=O) groups is 2. The van der Waals surface area contributed by atoms with Crippen LogP contribution in [-0.2, 0) is 9.59 Å². The Kier molecular flexibility index (Phi) is 6.94. The van der Waals surface area contributed by atoms with Crippen LogP contribution < -0.4 is 5.32 Å². The van der Waals surface area contributed by atoms with Gasteiger partial charge in [0.15, 0.2) is 0 Å². The van der Waals surface area contributed by atoms with E-state index in [1.807, 2.05) is 6.92 Å². The van der Waals surface area contributed by atoms with Crippen molar-refractivity contribution in [1.82, 2.24) is 5.32 Å². The van der Waals surface area contributed by atoms with Gasteiger partial charge in [-0.2, -0.15) is 0 Å². The number of hydrogen-bond acceptors (Lipinski definition) is 3. The minimum Gasteiger partial charge on any atom is -0.308 e. The summed E-state index contributed by atoms with van der Waals surface area (Å²) in [6.45, 7) is 2.70. The number of unbranched alkanes of at least 4 members (excludes halogenated alkanes) is 1. The quantitative estimate of drug-likeness (QED) is 0.433.